The summed E-state index contributed by atoms with van der Waals surface area (Å²) >= 11 is 0. The molecule has 0 heterocycles. The van der Waals surface area contributed by atoms with Crippen LogP contribution in [0, 0.1) is 0 Å². The summed E-state index contributed by atoms with van der Waals surface area (Å²) in [6, 6.07) is 9.60. The largest absolute Gasteiger partial charge is 0.346 e. The van der Waals surface area contributed by atoms with Gasteiger partial charge in [-0.05, 0) is 18.6 Å². The topological polar surface area (TPSA) is 29.5 Å². The molecule has 2 nitrogen and oxygen atoms in total. The first-order valence-electron chi connectivity index (χ1n) is 6.01. The van der Waals surface area contributed by atoms with E-state index in [9.17, 15) is 4.89 Å². The fourth-order valence-corrected chi connectivity index (χ4v) is 2.36. The summed E-state index contributed by atoms with van der Waals surface area (Å²) in [6.45, 7) is 2.87. The summed E-state index contributed by atoms with van der Waals surface area (Å²) in [5.74, 6) is 0. The summed E-state index contributed by atoms with van der Waals surface area (Å²) in [7, 11) is -1.40. The van der Waals surface area contributed by atoms with Crippen molar-refractivity contribution in [1.29, 1.82) is 0 Å². The predicted molar refractivity (Wildman–Crippen MR) is 69.9 cm³/mol. The van der Waals surface area contributed by atoms with E-state index >= 15 is 0 Å². The van der Waals surface area contributed by atoms with Gasteiger partial charge in [0.2, 0.25) is 8.38 Å². The van der Waals surface area contributed by atoms with Crippen LogP contribution in [0.25, 0.3) is 0 Å². The maximum absolute atomic E-state index is 9.77. The van der Waals surface area contributed by atoms with Gasteiger partial charge in [0, 0.05) is 5.30 Å². The van der Waals surface area contributed by atoms with Crippen LogP contribution < -0.4 is 5.30 Å². The van der Waals surface area contributed by atoms with E-state index in [1.165, 1.54) is 25.7 Å². The molecule has 0 aliphatic rings. The minimum absolute atomic E-state index is 0.667. The third kappa shape index (κ3) is 5.60. The number of benzene rings is 1. The van der Waals surface area contributed by atoms with Gasteiger partial charge in [-0.15, -0.1) is 0 Å². The van der Waals surface area contributed by atoms with Crippen LogP contribution in [0.15, 0.2) is 30.3 Å². The summed E-state index contributed by atoms with van der Waals surface area (Å²) in [5, 5.41) is 0.894. The first-order chi connectivity index (χ1) is 7.84. The van der Waals surface area contributed by atoms with Crippen LogP contribution in [-0.4, -0.2) is 11.5 Å². The van der Waals surface area contributed by atoms with Crippen LogP contribution in [-0.2, 0) is 4.52 Å². The molecule has 1 N–H and O–H groups in total. The number of hydrogen-bond donors (Lipinski definition) is 1. The highest BCUT2D eigenvalue weighted by atomic mass is 31.2. The molecule has 0 amide bonds. The Balaban J connectivity index is 2.09. The van der Waals surface area contributed by atoms with E-state index in [-0.39, 0.29) is 0 Å². The molecule has 3 heteroatoms. The van der Waals surface area contributed by atoms with Crippen LogP contribution in [0.3, 0.4) is 0 Å². The zero-order chi connectivity index (χ0) is 11.6. The van der Waals surface area contributed by atoms with Crippen molar-refractivity contribution in [3.63, 3.8) is 0 Å². The fraction of sp³-hybridized carbons (Fsp3) is 0.538. The number of rotatable bonds is 8. The second-order valence-electron chi connectivity index (χ2n) is 3.86. The van der Waals surface area contributed by atoms with Crippen molar-refractivity contribution in [2.45, 2.75) is 39.0 Å². The summed E-state index contributed by atoms with van der Waals surface area (Å²) in [6.07, 6.45) is 6.08. The minimum atomic E-state index is -1.40. The smallest absolute Gasteiger partial charge is 0.202 e. The van der Waals surface area contributed by atoms with Gasteiger partial charge in [-0.1, -0.05) is 50.8 Å². The lowest BCUT2D eigenvalue weighted by Crippen LogP contribution is -2.02. The molecule has 0 radical (unpaired) electrons. The van der Waals surface area contributed by atoms with Crippen molar-refractivity contribution in [3.05, 3.63) is 30.3 Å². The highest BCUT2D eigenvalue weighted by molar-refractivity contribution is 7.55. The van der Waals surface area contributed by atoms with Crippen LogP contribution in [0.1, 0.15) is 39.0 Å². The molecule has 1 unspecified atom stereocenters. The Morgan fingerprint density at radius 3 is 2.44 bits per heavy atom. The molecule has 1 rings (SSSR count). The Labute approximate surface area is 99.6 Å². The van der Waals surface area contributed by atoms with Crippen molar-refractivity contribution in [3.8, 4) is 0 Å². The Morgan fingerprint density at radius 2 is 1.75 bits per heavy atom. The Morgan fingerprint density at radius 1 is 1.06 bits per heavy atom. The van der Waals surface area contributed by atoms with E-state index in [4.69, 9.17) is 4.52 Å². The van der Waals surface area contributed by atoms with E-state index in [1.807, 2.05) is 30.3 Å². The molecule has 16 heavy (non-hydrogen) atoms. The van der Waals surface area contributed by atoms with Gasteiger partial charge in [0.15, 0.2) is 0 Å². The summed E-state index contributed by atoms with van der Waals surface area (Å²) in [5.41, 5.74) is 0. The molecule has 1 aromatic rings. The van der Waals surface area contributed by atoms with E-state index < -0.39 is 8.38 Å². The van der Waals surface area contributed by atoms with Gasteiger partial charge in [-0.3, -0.25) is 0 Å². The molecule has 1 atom stereocenters. The highest BCUT2D eigenvalue weighted by Crippen LogP contribution is 2.30. The van der Waals surface area contributed by atoms with Crippen molar-refractivity contribution >= 4 is 13.7 Å². The Kier molecular flexibility index (Phi) is 7.41. The molecule has 90 valence electrons. The number of hydrogen-bond acceptors (Lipinski definition) is 2. The van der Waals surface area contributed by atoms with Crippen LogP contribution in [0.4, 0.5) is 0 Å². The SMILES string of the molecule is CCCCCCCOP(O)c1ccccc1. The molecule has 0 saturated carbocycles. The van der Waals surface area contributed by atoms with Crippen LogP contribution in [0.5, 0.6) is 0 Å². The third-order valence-corrected chi connectivity index (χ3v) is 3.61. The lowest BCUT2D eigenvalue weighted by atomic mass is 10.2. The maximum Gasteiger partial charge on any atom is 0.202 e. The maximum atomic E-state index is 9.77. The number of unbranched alkanes of at least 4 members (excludes halogenated alkanes) is 4. The Bertz CT molecular complexity index is 264. The summed E-state index contributed by atoms with van der Waals surface area (Å²) < 4.78 is 5.43. The van der Waals surface area contributed by atoms with Crippen LogP contribution >= 0.6 is 8.38 Å². The summed E-state index contributed by atoms with van der Waals surface area (Å²) in [4.78, 5) is 9.77. The molecule has 0 aliphatic heterocycles. The quantitative estimate of drug-likeness (QED) is 0.555. The second-order valence-corrected chi connectivity index (χ2v) is 5.18. The van der Waals surface area contributed by atoms with E-state index in [0.717, 1.165) is 11.7 Å². The van der Waals surface area contributed by atoms with E-state index in [1.54, 1.807) is 0 Å². The van der Waals surface area contributed by atoms with Gasteiger partial charge in [0.1, 0.15) is 0 Å². The average Bonchev–Trinajstić information content (AvgIpc) is 2.34. The van der Waals surface area contributed by atoms with Gasteiger partial charge in [0.25, 0.3) is 0 Å². The minimum Gasteiger partial charge on any atom is -0.346 e. The molecule has 1 aromatic carbocycles. The molecule has 0 spiro atoms. The highest BCUT2D eigenvalue weighted by Gasteiger charge is 2.06. The zero-order valence-corrected chi connectivity index (χ0v) is 10.8. The normalized spacial score (nSPS) is 12.6. The standard InChI is InChI=1S/C13H21O2P/c1-2-3-4-5-9-12-15-16(14)13-10-7-6-8-11-13/h6-8,10-11,14H,2-5,9,12H2,1H3. The Hall–Kier alpha value is -0.430. The van der Waals surface area contributed by atoms with Crippen molar-refractivity contribution in [2.75, 3.05) is 6.61 Å². The third-order valence-electron chi connectivity index (χ3n) is 2.44. The first kappa shape index (κ1) is 13.6. The van der Waals surface area contributed by atoms with Gasteiger partial charge in [-0.2, -0.15) is 0 Å². The second kappa shape index (κ2) is 8.69. The molecule has 0 bridgehead atoms. The monoisotopic (exact) mass is 240 g/mol. The lowest BCUT2D eigenvalue weighted by molar-refractivity contribution is 0.305. The lowest BCUT2D eigenvalue weighted by Gasteiger charge is -2.10. The molecule has 0 aromatic heterocycles. The first-order valence-corrected chi connectivity index (χ1v) is 7.23. The molecular weight excluding hydrogens is 219 g/mol. The predicted octanol–water partition coefficient (Wildman–Crippen LogP) is 3.60. The molecular formula is C13H21O2P. The van der Waals surface area contributed by atoms with Gasteiger partial charge < -0.3 is 9.42 Å². The van der Waals surface area contributed by atoms with Gasteiger partial charge in [0.05, 0.1) is 6.61 Å². The molecule has 0 fully saturated rings. The van der Waals surface area contributed by atoms with Gasteiger partial charge >= 0.3 is 0 Å². The average molecular weight is 240 g/mol. The van der Waals surface area contributed by atoms with E-state index in [0.29, 0.717) is 6.61 Å². The molecule has 0 saturated heterocycles. The van der Waals surface area contributed by atoms with Gasteiger partial charge in [-0.25, -0.2) is 0 Å². The van der Waals surface area contributed by atoms with Crippen molar-refractivity contribution in [2.24, 2.45) is 0 Å². The van der Waals surface area contributed by atoms with Crippen LogP contribution in [0.2, 0.25) is 0 Å². The van der Waals surface area contributed by atoms with Crippen molar-refractivity contribution in [1.82, 2.24) is 0 Å². The fourth-order valence-electron chi connectivity index (χ4n) is 1.49. The van der Waals surface area contributed by atoms with Crippen molar-refractivity contribution < 1.29 is 9.42 Å². The van der Waals surface area contributed by atoms with E-state index in [2.05, 4.69) is 6.92 Å². The molecule has 0 aliphatic carbocycles. The zero-order valence-electron chi connectivity index (χ0n) is 9.93.